The van der Waals surface area contributed by atoms with Gasteiger partial charge in [0.05, 0.1) is 30.4 Å². The molecule has 11 heteroatoms. The first-order valence-corrected chi connectivity index (χ1v) is 13.0. The molecule has 3 heterocycles. The molecule has 4 rings (SSSR count). The summed E-state index contributed by atoms with van der Waals surface area (Å²) in [5.41, 5.74) is 2.05. The number of likely N-dealkylation sites (tertiary alicyclic amines) is 1. The number of methoxy groups -OCH3 is 1. The van der Waals surface area contributed by atoms with Crippen molar-refractivity contribution >= 4 is 27.0 Å². The van der Waals surface area contributed by atoms with Crippen LogP contribution in [0.25, 0.3) is 11.1 Å². The van der Waals surface area contributed by atoms with E-state index in [1.54, 1.807) is 31.2 Å². The Bertz CT molecular complexity index is 1240. The molecular formula is C23H31N5O5S. The third kappa shape index (κ3) is 5.11. The van der Waals surface area contributed by atoms with Gasteiger partial charge in [-0.05, 0) is 49.6 Å². The lowest BCUT2D eigenvalue weighted by molar-refractivity contribution is 0.198. The van der Waals surface area contributed by atoms with Crippen molar-refractivity contribution in [3.8, 4) is 11.6 Å². The number of piperidine rings is 1. The minimum absolute atomic E-state index is 0.0321. The summed E-state index contributed by atoms with van der Waals surface area (Å²) in [6.45, 7) is 6.56. The standard InChI is InChI=1S/C23H31N5O5S/c1-4-32-21-12-16(14-25-22(21)31-3)15-27-10-8-17(9-11-27)28(24)23-26-19-13-18(34(29,30)5-2)6-7-20(19)33-23/h6-7,12-14,17H,4-5,8-11,15,24H2,1-3H3. The average Bonchev–Trinajstić information content (AvgIpc) is 3.28. The molecule has 0 saturated carbocycles. The van der Waals surface area contributed by atoms with Gasteiger partial charge in [-0.3, -0.25) is 9.91 Å². The highest BCUT2D eigenvalue weighted by Crippen LogP contribution is 2.28. The van der Waals surface area contributed by atoms with Gasteiger partial charge in [-0.2, -0.15) is 4.98 Å². The molecule has 0 radical (unpaired) electrons. The Kier molecular flexibility index (Phi) is 7.24. The molecule has 184 valence electrons. The quantitative estimate of drug-likeness (QED) is 0.354. The first-order valence-electron chi connectivity index (χ1n) is 11.4. The summed E-state index contributed by atoms with van der Waals surface area (Å²) in [7, 11) is -1.73. The fraction of sp³-hybridized carbons (Fsp3) is 0.478. The molecule has 34 heavy (non-hydrogen) atoms. The van der Waals surface area contributed by atoms with E-state index in [4.69, 9.17) is 19.7 Å². The zero-order valence-corrected chi connectivity index (χ0v) is 20.5. The highest BCUT2D eigenvalue weighted by Gasteiger charge is 2.26. The van der Waals surface area contributed by atoms with Crippen LogP contribution in [0.3, 0.4) is 0 Å². The number of nitrogens with two attached hydrogens (primary N) is 1. The molecule has 1 saturated heterocycles. The number of nitrogens with zero attached hydrogens (tertiary/aromatic N) is 4. The number of ether oxygens (including phenoxy) is 2. The summed E-state index contributed by atoms with van der Waals surface area (Å²) in [6, 6.07) is 7.04. The first-order chi connectivity index (χ1) is 16.3. The van der Waals surface area contributed by atoms with Crippen molar-refractivity contribution in [3.05, 3.63) is 36.0 Å². The maximum absolute atomic E-state index is 12.2. The Balaban J connectivity index is 1.39. The molecular weight excluding hydrogens is 458 g/mol. The van der Waals surface area contributed by atoms with Crippen molar-refractivity contribution in [3.63, 3.8) is 0 Å². The van der Waals surface area contributed by atoms with E-state index >= 15 is 0 Å². The molecule has 2 aromatic heterocycles. The van der Waals surface area contributed by atoms with Crippen LogP contribution >= 0.6 is 0 Å². The Hall–Kier alpha value is -2.89. The first kappa shape index (κ1) is 24.2. The highest BCUT2D eigenvalue weighted by molar-refractivity contribution is 7.91. The van der Waals surface area contributed by atoms with Crippen LogP contribution in [0.2, 0.25) is 0 Å². The van der Waals surface area contributed by atoms with Crippen molar-refractivity contribution < 1.29 is 22.3 Å². The maximum atomic E-state index is 12.2. The average molecular weight is 490 g/mol. The zero-order valence-electron chi connectivity index (χ0n) is 19.7. The monoisotopic (exact) mass is 489 g/mol. The number of rotatable bonds is 9. The van der Waals surface area contributed by atoms with Crippen molar-refractivity contribution in [2.45, 2.75) is 44.2 Å². The molecule has 2 N–H and O–H groups in total. The summed E-state index contributed by atoms with van der Waals surface area (Å²) in [5.74, 6) is 7.54. The van der Waals surface area contributed by atoms with E-state index in [0.717, 1.165) is 38.0 Å². The van der Waals surface area contributed by atoms with E-state index in [0.29, 0.717) is 35.4 Å². The number of oxazole rings is 1. The van der Waals surface area contributed by atoms with Gasteiger partial charge >= 0.3 is 6.01 Å². The molecule has 1 aromatic carbocycles. The lowest BCUT2D eigenvalue weighted by Gasteiger charge is -2.35. The molecule has 10 nitrogen and oxygen atoms in total. The van der Waals surface area contributed by atoms with Crippen molar-refractivity contribution in [2.24, 2.45) is 5.84 Å². The van der Waals surface area contributed by atoms with Gasteiger partial charge in [0.1, 0.15) is 5.52 Å². The molecule has 0 bridgehead atoms. The van der Waals surface area contributed by atoms with Crippen LogP contribution in [0.1, 0.15) is 32.3 Å². The zero-order chi connectivity index (χ0) is 24.3. The molecule has 0 unspecified atom stereocenters. The summed E-state index contributed by atoms with van der Waals surface area (Å²) in [4.78, 5) is 11.4. The van der Waals surface area contributed by atoms with Crippen LogP contribution in [-0.2, 0) is 16.4 Å². The Labute approximate surface area is 199 Å². The normalized spacial score (nSPS) is 15.5. The largest absolute Gasteiger partial charge is 0.488 e. The smallest absolute Gasteiger partial charge is 0.313 e. The number of aromatic nitrogens is 2. The second-order valence-corrected chi connectivity index (χ2v) is 10.5. The van der Waals surface area contributed by atoms with Crippen LogP contribution in [0.5, 0.6) is 11.6 Å². The summed E-state index contributed by atoms with van der Waals surface area (Å²) >= 11 is 0. The van der Waals surface area contributed by atoms with Crippen molar-refractivity contribution in [2.75, 3.05) is 37.6 Å². The third-order valence-corrected chi connectivity index (χ3v) is 7.76. The summed E-state index contributed by atoms with van der Waals surface area (Å²) in [5, 5.41) is 1.56. The van der Waals surface area contributed by atoms with Crippen LogP contribution in [0.15, 0.2) is 39.8 Å². The number of sulfone groups is 1. The third-order valence-electron chi connectivity index (χ3n) is 6.03. The molecule has 3 aromatic rings. The predicted octanol–water partition coefficient (Wildman–Crippen LogP) is 2.77. The Morgan fingerprint density at radius 3 is 2.68 bits per heavy atom. The number of fused-ring (bicyclic) bond motifs is 1. The second-order valence-electron chi connectivity index (χ2n) is 8.23. The summed E-state index contributed by atoms with van der Waals surface area (Å²) in [6.07, 6.45) is 3.49. The summed E-state index contributed by atoms with van der Waals surface area (Å²) < 4.78 is 41.0. The number of benzene rings is 1. The number of pyridine rings is 1. The van der Waals surface area contributed by atoms with E-state index in [-0.39, 0.29) is 16.7 Å². The molecule has 1 aliphatic rings. The fourth-order valence-corrected chi connectivity index (χ4v) is 5.01. The number of hydrogen-bond donors (Lipinski definition) is 1. The van der Waals surface area contributed by atoms with Crippen LogP contribution < -0.4 is 20.3 Å². The number of anilines is 1. The van der Waals surface area contributed by atoms with Crippen LogP contribution in [0, 0.1) is 0 Å². The van der Waals surface area contributed by atoms with Gasteiger partial charge in [-0.25, -0.2) is 19.2 Å². The lowest BCUT2D eigenvalue weighted by Crippen LogP contribution is -2.48. The Morgan fingerprint density at radius 2 is 2.00 bits per heavy atom. The topological polar surface area (TPSA) is 124 Å². The molecule has 0 aliphatic carbocycles. The van der Waals surface area contributed by atoms with E-state index < -0.39 is 9.84 Å². The lowest BCUT2D eigenvalue weighted by atomic mass is 10.0. The van der Waals surface area contributed by atoms with Crippen molar-refractivity contribution in [1.29, 1.82) is 0 Å². The van der Waals surface area contributed by atoms with Crippen molar-refractivity contribution in [1.82, 2.24) is 14.9 Å². The number of hydrogen-bond acceptors (Lipinski definition) is 10. The van der Waals surface area contributed by atoms with Gasteiger partial charge in [-0.1, -0.05) is 6.92 Å². The van der Waals surface area contributed by atoms with E-state index in [1.807, 2.05) is 19.2 Å². The molecule has 0 atom stereocenters. The minimum Gasteiger partial charge on any atom is -0.488 e. The van der Waals surface area contributed by atoms with E-state index in [9.17, 15) is 8.42 Å². The minimum atomic E-state index is -3.31. The Morgan fingerprint density at radius 1 is 1.24 bits per heavy atom. The van der Waals surface area contributed by atoms with Crippen LogP contribution in [0.4, 0.5) is 6.01 Å². The molecule has 0 amide bonds. The van der Waals surface area contributed by atoms with Gasteiger partial charge in [0.2, 0.25) is 0 Å². The second kappa shape index (κ2) is 10.2. The van der Waals surface area contributed by atoms with Crippen LogP contribution in [-0.4, -0.2) is 61.9 Å². The van der Waals surface area contributed by atoms with Gasteiger partial charge < -0.3 is 13.9 Å². The fourth-order valence-electron chi connectivity index (χ4n) is 4.11. The SMILES string of the molecule is CCOc1cc(CN2CCC(N(N)c3nc4cc(S(=O)(=O)CC)ccc4o3)CC2)cnc1OC. The number of hydrazine groups is 1. The molecule has 0 spiro atoms. The van der Waals surface area contributed by atoms with Gasteiger partial charge in [-0.15, -0.1) is 0 Å². The van der Waals surface area contributed by atoms with Gasteiger partial charge in [0, 0.05) is 25.8 Å². The van der Waals surface area contributed by atoms with E-state index in [1.165, 1.54) is 6.07 Å². The maximum Gasteiger partial charge on any atom is 0.313 e. The highest BCUT2D eigenvalue weighted by atomic mass is 32.2. The van der Waals surface area contributed by atoms with Gasteiger partial charge in [0.15, 0.2) is 21.2 Å². The van der Waals surface area contributed by atoms with E-state index in [2.05, 4.69) is 14.9 Å². The van der Waals surface area contributed by atoms with Gasteiger partial charge in [0.25, 0.3) is 5.88 Å². The molecule has 1 fully saturated rings. The molecule has 1 aliphatic heterocycles. The predicted molar refractivity (Wildman–Crippen MR) is 129 cm³/mol.